The molecule has 0 aliphatic carbocycles. The van der Waals surface area contributed by atoms with Crippen LogP contribution in [0.5, 0.6) is 0 Å². The van der Waals surface area contributed by atoms with E-state index in [2.05, 4.69) is 5.32 Å². The normalized spacial score (nSPS) is 12.9. The van der Waals surface area contributed by atoms with Gasteiger partial charge in [0.15, 0.2) is 0 Å². The lowest BCUT2D eigenvalue weighted by Crippen LogP contribution is -2.35. The number of hydrogen-bond donors (Lipinski definition) is 1. The maximum Gasteiger partial charge on any atom is 0.245 e. The molecule has 0 saturated carbocycles. The van der Waals surface area contributed by atoms with E-state index in [4.69, 9.17) is 0 Å². The van der Waals surface area contributed by atoms with Crippen LogP contribution in [0.1, 0.15) is 26.3 Å². The average Bonchev–Trinajstić information content (AvgIpc) is 2.26. The Hall–Kier alpha value is -0.980. The molecule has 0 bridgehead atoms. The fourth-order valence-electron chi connectivity index (χ4n) is 1.99. The third-order valence-corrected chi connectivity index (χ3v) is 4.60. The van der Waals surface area contributed by atoms with Crippen molar-refractivity contribution in [3.05, 3.63) is 29.6 Å². The van der Waals surface area contributed by atoms with E-state index in [1.807, 2.05) is 20.8 Å². The van der Waals surface area contributed by atoms with Crippen LogP contribution in [0, 0.1) is 11.2 Å². The number of halogens is 1. The first-order chi connectivity index (χ1) is 9.08. The summed E-state index contributed by atoms with van der Waals surface area (Å²) in [5.41, 5.74) is 0.520. The van der Waals surface area contributed by atoms with Gasteiger partial charge >= 0.3 is 0 Å². The van der Waals surface area contributed by atoms with Gasteiger partial charge in [-0.3, -0.25) is 0 Å². The highest BCUT2D eigenvalue weighted by Crippen LogP contribution is 2.23. The summed E-state index contributed by atoms with van der Waals surface area (Å²) in [6, 6.07) is 4.21. The lowest BCUT2D eigenvalue weighted by Gasteiger charge is -2.26. The van der Waals surface area contributed by atoms with Crippen molar-refractivity contribution >= 4 is 10.0 Å². The Bertz CT molecular complexity index is 565. The summed E-state index contributed by atoms with van der Waals surface area (Å²) >= 11 is 0. The minimum absolute atomic E-state index is 0.190. The van der Waals surface area contributed by atoms with Crippen molar-refractivity contribution in [2.45, 2.75) is 32.2 Å². The lowest BCUT2D eigenvalue weighted by atomic mass is 9.97. The van der Waals surface area contributed by atoms with Gasteiger partial charge in [-0.25, -0.2) is 17.1 Å². The topological polar surface area (TPSA) is 49.4 Å². The minimum atomic E-state index is -3.80. The molecule has 0 spiro atoms. The Balaban J connectivity index is 3.10. The molecule has 0 heterocycles. The van der Waals surface area contributed by atoms with Crippen LogP contribution in [-0.4, -0.2) is 33.4 Å². The van der Waals surface area contributed by atoms with Gasteiger partial charge in [0.25, 0.3) is 0 Å². The Morgan fingerprint density at radius 3 is 2.35 bits per heavy atom. The quantitative estimate of drug-likeness (QED) is 0.907. The Kier molecular flexibility index (Phi) is 5.29. The maximum absolute atomic E-state index is 14.0. The number of nitrogens with one attached hydrogen (secondary N) is 1. The molecule has 0 amide bonds. The summed E-state index contributed by atoms with van der Waals surface area (Å²) < 4.78 is 40.0. The second-order valence-corrected chi connectivity index (χ2v) is 8.13. The fourth-order valence-corrected chi connectivity index (χ4v) is 3.43. The zero-order chi connectivity index (χ0) is 15.6. The number of benzene rings is 1. The SMILES string of the molecule is CNCc1ccc(S(=O)(=O)N(C)CC(C)(C)C)c(F)c1. The smallest absolute Gasteiger partial charge is 0.245 e. The molecule has 0 fully saturated rings. The molecule has 1 aromatic carbocycles. The molecule has 0 saturated heterocycles. The number of hydrogen-bond acceptors (Lipinski definition) is 3. The molecule has 0 aromatic heterocycles. The van der Waals surface area contributed by atoms with E-state index in [-0.39, 0.29) is 10.3 Å². The molecule has 1 N–H and O–H groups in total. The predicted octanol–water partition coefficient (Wildman–Crippen LogP) is 2.21. The molecule has 0 aliphatic rings. The summed E-state index contributed by atoms with van der Waals surface area (Å²) in [6.07, 6.45) is 0. The number of nitrogens with zero attached hydrogens (tertiary/aromatic N) is 1. The van der Waals surface area contributed by atoms with Gasteiger partial charge in [0.05, 0.1) is 0 Å². The summed E-state index contributed by atoms with van der Waals surface area (Å²) in [5.74, 6) is -0.710. The van der Waals surface area contributed by atoms with E-state index in [1.54, 1.807) is 13.1 Å². The first-order valence-corrected chi connectivity index (χ1v) is 7.91. The fraction of sp³-hybridized carbons (Fsp3) is 0.571. The zero-order valence-electron chi connectivity index (χ0n) is 12.7. The largest absolute Gasteiger partial charge is 0.316 e. The van der Waals surface area contributed by atoms with E-state index in [9.17, 15) is 12.8 Å². The molecule has 6 heteroatoms. The molecule has 0 radical (unpaired) electrons. The van der Waals surface area contributed by atoms with Crippen LogP contribution < -0.4 is 5.32 Å². The lowest BCUT2D eigenvalue weighted by molar-refractivity contribution is 0.310. The van der Waals surface area contributed by atoms with Gasteiger partial charge in [0, 0.05) is 20.1 Å². The van der Waals surface area contributed by atoms with Gasteiger partial charge < -0.3 is 5.32 Å². The van der Waals surface area contributed by atoms with Crippen LogP contribution >= 0.6 is 0 Å². The Morgan fingerprint density at radius 1 is 1.30 bits per heavy atom. The molecule has 0 unspecified atom stereocenters. The van der Waals surface area contributed by atoms with E-state index in [0.29, 0.717) is 18.7 Å². The minimum Gasteiger partial charge on any atom is -0.316 e. The summed E-state index contributed by atoms with van der Waals surface area (Å²) in [4.78, 5) is -0.274. The summed E-state index contributed by atoms with van der Waals surface area (Å²) in [7, 11) is -0.573. The first-order valence-electron chi connectivity index (χ1n) is 6.47. The van der Waals surface area contributed by atoms with E-state index in [0.717, 1.165) is 0 Å². The van der Waals surface area contributed by atoms with E-state index >= 15 is 0 Å². The molecular formula is C14H23FN2O2S. The van der Waals surface area contributed by atoms with Gasteiger partial charge in [-0.05, 0) is 30.2 Å². The highest BCUT2D eigenvalue weighted by molar-refractivity contribution is 7.89. The van der Waals surface area contributed by atoms with E-state index in [1.165, 1.54) is 23.5 Å². The van der Waals surface area contributed by atoms with Gasteiger partial charge in [-0.1, -0.05) is 26.8 Å². The highest BCUT2D eigenvalue weighted by atomic mass is 32.2. The molecule has 0 atom stereocenters. The third-order valence-electron chi connectivity index (χ3n) is 2.76. The van der Waals surface area contributed by atoms with Gasteiger partial charge in [-0.15, -0.1) is 0 Å². The Labute approximate surface area is 121 Å². The van der Waals surface area contributed by atoms with Crippen molar-refractivity contribution in [2.24, 2.45) is 5.41 Å². The van der Waals surface area contributed by atoms with Crippen molar-refractivity contribution in [3.8, 4) is 0 Å². The Morgan fingerprint density at radius 2 is 1.90 bits per heavy atom. The van der Waals surface area contributed by atoms with Crippen molar-refractivity contribution in [2.75, 3.05) is 20.6 Å². The van der Waals surface area contributed by atoms with Crippen LogP contribution in [-0.2, 0) is 16.6 Å². The monoisotopic (exact) mass is 302 g/mol. The standard InChI is InChI=1S/C14H23FN2O2S/c1-14(2,3)10-17(5)20(18,19)13-7-6-11(9-16-4)8-12(13)15/h6-8,16H,9-10H2,1-5H3. The second kappa shape index (κ2) is 6.20. The van der Waals surface area contributed by atoms with Crippen LogP contribution in [0.15, 0.2) is 23.1 Å². The van der Waals surface area contributed by atoms with Gasteiger partial charge in [0.1, 0.15) is 10.7 Å². The van der Waals surface area contributed by atoms with Gasteiger partial charge in [-0.2, -0.15) is 0 Å². The van der Waals surface area contributed by atoms with Gasteiger partial charge in [0.2, 0.25) is 10.0 Å². The van der Waals surface area contributed by atoms with Crippen LogP contribution in [0.3, 0.4) is 0 Å². The van der Waals surface area contributed by atoms with Crippen LogP contribution in [0.25, 0.3) is 0 Å². The van der Waals surface area contributed by atoms with Crippen molar-refractivity contribution < 1.29 is 12.8 Å². The summed E-state index contributed by atoms with van der Waals surface area (Å²) in [5, 5.41) is 2.90. The van der Waals surface area contributed by atoms with Crippen LogP contribution in [0.4, 0.5) is 4.39 Å². The molecular weight excluding hydrogens is 279 g/mol. The maximum atomic E-state index is 14.0. The predicted molar refractivity (Wildman–Crippen MR) is 78.4 cm³/mol. The zero-order valence-corrected chi connectivity index (χ0v) is 13.5. The first kappa shape index (κ1) is 17.1. The average molecular weight is 302 g/mol. The molecule has 1 rings (SSSR count). The van der Waals surface area contributed by atoms with Crippen molar-refractivity contribution in [1.82, 2.24) is 9.62 Å². The van der Waals surface area contributed by atoms with Crippen molar-refractivity contribution in [3.63, 3.8) is 0 Å². The molecule has 0 aliphatic heterocycles. The molecule has 4 nitrogen and oxygen atoms in total. The summed E-state index contributed by atoms with van der Waals surface area (Å²) in [6.45, 7) is 6.63. The van der Waals surface area contributed by atoms with E-state index < -0.39 is 15.8 Å². The van der Waals surface area contributed by atoms with Crippen molar-refractivity contribution in [1.29, 1.82) is 0 Å². The molecule has 1 aromatic rings. The molecule has 20 heavy (non-hydrogen) atoms. The second-order valence-electron chi connectivity index (χ2n) is 6.12. The molecule has 114 valence electrons. The third kappa shape index (κ3) is 4.26. The van der Waals surface area contributed by atoms with Crippen LogP contribution in [0.2, 0.25) is 0 Å². The number of sulfonamides is 1. The number of rotatable bonds is 5. The highest BCUT2D eigenvalue weighted by Gasteiger charge is 2.27.